The molecule has 0 amide bonds. The van der Waals surface area contributed by atoms with E-state index in [2.05, 4.69) is 9.47 Å². The average Bonchev–Trinajstić information content (AvgIpc) is 2.50. The summed E-state index contributed by atoms with van der Waals surface area (Å²) in [6, 6.07) is 5.35. The van der Waals surface area contributed by atoms with Gasteiger partial charge in [-0.1, -0.05) is 19.9 Å². The Kier molecular flexibility index (Phi) is 6.52. The number of ether oxygens (including phenoxy) is 4. The Morgan fingerprint density at radius 2 is 1.48 bits per heavy atom. The summed E-state index contributed by atoms with van der Waals surface area (Å²) in [5.74, 6) is 0.0510. The van der Waals surface area contributed by atoms with Gasteiger partial charge in [0.15, 0.2) is 24.7 Å². The highest BCUT2D eigenvalue weighted by Crippen LogP contribution is 2.31. The second-order valence-electron chi connectivity index (χ2n) is 4.59. The lowest BCUT2D eigenvalue weighted by Gasteiger charge is -2.14. The summed E-state index contributed by atoms with van der Waals surface area (Å²) in [5.41, 5.74) is 1.03. The molecule has 6 heteroatoms. The number of esters is 2. The number of carbonyl (C=O) groups is 2. The van der Waals surface area contributed by atoms with Gasteiger partial charge in [-0.05, 0) is 23.6 Å². The van der Waals surface area contributed by atoms with Crippen LogP contribution < -0.4 is 9.47 Å². The predicted octanol–water partition coefficient (Wildman–Crippen LogP) is 1.91. The fourth-order valence-electron chi connectivity index (χ4n) is 1.51. The molecule has 0 aliphatic rings. The van der Waals surface area contributed by atoms with E-state index in [9.17, 15) is 9.59 Å². The summed E-state index contributed by atoms with van der Waals surface area (Å²) in [6.07, 6.45) is 0. The van der Waals surface area contributed by atoms with E-state index < -0.39 is 11.9 Å². The summed E-state index contributed by atoms with van der Waals surface area (Å²) in [6.45, 7) is 3.61. The van der Waals surface area contributed by atoms with Gasteiger partial charge in [-0.25, -0.2) is 9.59 Å². The molecule has 0 heterocycles. The Bertz CT molecular complexity index is 495. The Morgan fingerprint density at radius 3 is 1.95 bits per heavy atom. The number of benzene rings is 1. The van der Waals surface area contributed by atoms with E-state index in [1.807, 2.05) is 19.9 Å². The van der Waals surface area contributed by atoms with Crippen LogP contribution in [0.25, 0.3) is 0 Å². The molecule has 21 heavy (non-hydrogen) atoms. The molecule has 0 saturated carbocycles. The van der Waals surface area contributed by atoms with Crippen molar-refractivity contribution in [3.63, 3.8) is 0 Å². The minimum absolute atomic E-state index is 0.230. The van der Waals surface area contributed by atoms with Crippen molar-refractivity contribution in [2.24, 2.45) is 0 Å². The predicted molar refractivity (Wildman–Crippen MR) is 75.6 cm³/mol. The third-order valence-electron chi connectivity index (χ3n) is 2.78. The summed E-state index contributed by atoms with van der Waals surface area (Å²) < 4.78 is 19.8. The minimum atomic E-state index is -0.498. The molecule has 1 aromatic carbocycles. The Labute approximate surface area is 123 Å². The monoisotopic (exact) mass is 296 g/mol. The van der Waals surface area contributed by atoms with Gasteiger partial charge < -0.3 is 18.9 Å². The molecule has 0 unspecified atom stereocenters. The first-order valence-electron chi connectivity index (χ1n) is 6.51. The van der Waals surface area contributed by atoms with Gasteiger partial charge in [-0.3, -0.25) is 0 Å². The maximum atomic E-state index is 11.2. The lowest BCUT2D eigenvalue weighted by molar-refractivity contribution is -0.144. The van der Waals surface area contributed by atoms with Crippen molar-refractivity contribution in [2.75, 3.05) is 27.4 Å². The van der Waals surface area contributed by atoms with Crippen molar-refractivity contribution in [1.29, 1.82) is 0 Å². The maximum absolute atomic E-state index is 11.2. The van der Waals surface area contributed by atoms with Crippen LogP contribution in [0.2, 0.25) is 0 Å². The summed E-state index contributed by atoms with van der Waals surface area (Å²) in [7, 11) is 2.56. The highest BCUT2D eigenvalue weighted by Gasteiger charge is 2.12. The summed E-state index contributed by atoms with van der Waals surface area (Å²) >= 11 is 0. The van der Waals surface area contributed by atoms with Gasteiger partial charge in [0.25, 0.3) is 0 Å². The summed E-state index contributed by atoms with van der Waals surface area (Å²) in [4.78, 5) is 22.3. The molecular formula is C15H20O6. The van der Waals surface area contributed by atoms with Crippen molar-refractivity contribution < 1.29 is 28.5 Å². The fourth-order valence-corrected chi connectivity index (χ4v) is 1.51. The smallest absolute Gasteiger partial charge is 0.343 e. The molecule has 116 valence electrons. The van der Waals surface area contributed by atoms with E-state index in [4.69, 9.17) is 9.47 Å². The van der Waals surface area contributed by atoms with Crippen molar-refractivity contribution in [1.82, 2.24) is 0 Å². The Balaban J connectivity index is 2.88. The zero-order valence-corrected chi connectivity index (χ0v) is 12.7. The Morgan fingerprint density at radius 1 is 0.952 bits per heavy atom. The quantitative estimate of drug-likeness (QED) is 0.716. The molecule has 1 rings (SSSR count). The molecular weight excluding hydrogens is 276 g/mol. The fraction of sp³-hybridized carbons (Fsp3) is 0.467. The van der Waals surface area contributed by atoms with Crippen molar-refractivity contribution in [3.05, 3.63) is 23.8 Å². The minimum Gasteiger partial charge on any atom is -0.478 e. The molecule has 0 N–H and O–H groups in total. The first-order chi connectivity index (χ1) is 9.97. The molecule has 0 aromatic heterocycles. The van der Waals surface area contributed by atoms with Crippen LogP contribution in [0, 0.1) is 0 Å². The van der Waals surface area contributed by atoms with E-state index >= 15 is 0 Å². The highest BCUT2D eigenvalue weighted by atomic mass is 16.6. The number of hydrogen-bond acceptors (Lipinski definition) is 6. The molecule has 0 spiro atoms. The van der Waals surface area contributed by atoms with Crippen LogP contribution in [-0.2, 0) is 19.1 Å². The van der Waals surface area contributed by atoms with Crippen molar-refractivity contribution >= 4 is 11.9 Å². The zero-order valence-electron chi connectivity index (χ0n) is 12.7. The van der Waals surface area contributed by atoms with Crippen LogP contribution in [-0.4, -0.2) is 39.4 Å². The van der Waals surface area contributed by atoms with E-state index in [1.165, 1.54) is 14.2 Å². The van der Waals surface area contributed by atoms with E-state index in [0.29, 0.717) is 17.4 Å². The van der Waals surface area contributed by atoms with Crippen LogP contribution in [0.15, 0.2) is 18.2 Å². The molecule has 0 atom stereocenters. The first-order valence-corrected chi connectivity index (χ1v) is 6.51. The molecule has 0 aliphatic carbocycles. The standard InChI is InChI=1S/C15H20O6/c1-10(2)11-5-6-12(20-8-14(16)18-3)13(7-11)21-9-15(17)19-4/h5-7,10H,8-9H2,1-4H3. The van der Waals surface area contributed by atoms with Gasteiger partial charge in [-0.15, -0.1) is 0 Å². The van der Waals surface area contributed by atoms with Gasteiger partial charge in [-0.2, -0.15) is 0 Å². The largest absolute Gasteiger partial charge is 0.478 e. The zero-order chi connectivity index (χ0) is 15.8. The second kappa shape index (κ2) is 8.14. The van der Waals surface area contributed by atoms with Gasteiger partial charge in [0, 0.05) is 0 Å². The molecule has 0 radical (unpaired) electrons. The molecule has 1 aromatic rings. The number of carbonyl (C=O) groups excluding carboxylic acids is 2. The molecule has 6 nitrogen and oxygen atoms in total. The van der Waals surface area contributed by atoms with E-state index in [1.54, 1.807) is 12.1 Å². The molecule has 0 saturated heterocycles. The Hall–Kier alpha value is -2.24. The van der Waals surface area contributed by atoms with Crippen LogP contribution in [0.3, 0.4) is 0 Å². The number of hydrogen-bond donors (Lipinski definition) is 0. The third-order valence-corrected chi connectivity index (χ3v) is 2.78. The van der Waals surface area contributed by atoms with Crippen LogP contribution in [0.1, 0.15) is 25.3 Å². The molecule has 0 bridgehead atoms. The SMILES string of the molecule is COC(=O)COc1ccc(C(C)C)cc1OCC(=O)OC. The molecule has 0 fully saturated rings. The second-order valence-corrected chi connectivity index (χ2v) is 4.59. The number of methoxy groups -OCH3 is 2. The van der Waals surface area contributed by atoms with Crippen LogP contribution in [0.4, 0.5) is 0 Å². The van der Waals surface area contributed by atoms with Crippen LogP contribution in [0.5, 0.6) is 11.5 Å². The lowest BCUT2D eigenvalue weighted by atomic mass is 10.0. The van der Waals surface area contributed by atoms with Gasteiger partial charge in [0.2, 0.25) is 0 Å². The first kappa shape index (κ1) is 16.8. The van der Waals surface area contributed by atoms with Crippen LogP contribution >= 0.6 is 0 Å². The van der Waals surface area contributed by atoms with E-state index in [-0.39, 0.29) is 13.2 Å². The topological polar surface area (TPSA) is 71.1 Å². The maximum Gasteiger partial charge on any atom is 0.343 e. The van der Waals surface area contributed by atoms with E-state index in [0.717, 1.165) is 5.56 Å². The number of rotatable bonds is 7. The third kappa shape index (κ3) is 5.33. The highest BCUT2D eigenvalue weighted by molar-refractivity contribution is 5.71. The molecule has 0 aliphatic heterocycles. The van der Waals surface area contributed by atoms with Crippen molar-refractivity contribution in [3.8, 4) is 11.5 Å². The normalized spacial score (nSPS) is 10.1. The average molecular weight is 296 g/mol. The summed E-state index contributed by atoms with van der Waals surface area (Å²) in [5, 5.41) is 0. The van der Waals surface area contributed by atoms with Crippen molar-refractivity contribution in [2.45, 2.75) is 19.8 Å². The van der Waals surface area contributed by atoms with Gasteiger partial charge in [0.05, 0.1) is 14.2 Å². The van der Waals surface area contributed by atoms with Gasteiger partial charge in [0.1, 0.15) is 0 Å². The van der Waals surface area contributed by atoms with Gasteiger partial charge >= 0.3 is 11.9 Å². The lowest BCUT2D eigenvalue weighted by Crippen LogP contribution is -2.15.